The molecule has 7 heteroatoms. The van der Waals surface area contributed by atoms with E-state index in [-0.39, 0.29) is 11.9 Å². The summed E-state index contributed by atoms with van der Waals surface area (Å²) in [5.41, 5.74) is 1.60. The highest BCUT2D eigenvalue weighted by Gasteiger charge is 2.23. The molecule has 1 aromatic carbocycles. The fourth-order valence-electron chi connectivity index (χ4n) is 2.86. The van der Waals surface area contributed by atoms with Gasteiger partial charge in [0.25, 0.3) is 5.91 Å². The van der Waals surface area contributed by atoms with Gasteiger partial charge in [0.05, 0.1) is 6.54 Å². The molecular weight excluding hydrogens is 320 g/mol. The fourth-order valence-corrected chi connectivity index (χ4v) is 2.86. The van der Waals surface area contributed by atoms with Crippen molar-refractivity contribution in [3.63, 3.8) is 0 Å². The Kier molecular flexibility index (Phi) is 5.65. The van der Waals surface area contributed by atoms with Crippen molar-refractivity contribution < 1.29 is 14.1 Å². The predicted octanol–water partition coefficient (Wildman–Crippen LogP) is 2.50. The molecule has 0 radical (unpaired) electrons. The maximum absolute atomic E-state index is 12.6. The first-order valence-corrected chi connectivity index (χ1v) is 8.67. The van der Waals surface area contributed by atoms with Crippen molar-refractivity contribution in [1.82, 2.24) is 15.0 Å². The van der Waals surface area contributed by atoms with Crippen LogP contribution in [0.3, 0.4) is 0 Å². The number of hydrogen-bond donors (Lipinski definition) is 1. The van der Waals surface area contributed by atoms with Gasteiger partial charge in [0.1, 0.15) is 0 Å². The topological polar surface area (TPSA) is 80.5 Å². The van der Waals surface area contributed by atoms with Crippen molar-refractivity contribution in [2.75, 3.05) is 25.6 Å². The van der Waals surface area contributed by atoms with E-state index < -0.39 is 0 Å². The first-order valence-electron chi connectivity index (χ1n) is 8.67. The molecule has 3 rings (SSSR count). The van der Waals surface area contributed by atoms with Gasteiger partial charge in [-0.2, -0.15) is 4.98 Å². The number of nitrogens with one attached hydrogen (secondary N) is 1. The Balaban J connectivity index is 1.56. The standard InChI is InChI=1S/C18H24N4O3/c1-3-17-20-16(21-25-17)12-19-14-6-4-13(5-7-14)18(23)22(2)15-8-10-24-11-9-15/h4-7,15,19H,3,8-12H2,1-2H3. The minimum absolute atomic E-state index is 0.0456. The molecule has 0 unspecified atom stereocenters. The number of aryl methyl sites for hydroxylation is 1. The van der Waals surface area contributed by atoms with E-state index in [0.717, 1.165) is 38.2 Å². The van der Waals surface area contributed by atoms with Crippen LogP contribution in [0.2, 0.25) is 0 Å². The van der Waals surface area contributed by atoms with Gasteiger partial charge >= 0.3 is 0 Å². The first-order chi connectivity index (χ1) is 12.2. The van der Waals surface area contributed by atoms with Gasteiger partial charge in [0, 0.05) is 44.0 Å². The second kappa shape index (κ2) is 8.11. The third kappa shape index (κ3) is 4.36. The SMILES string of the molecule is CCc1nc(CNc2ccc(C(=O)N(C)C3CCOCC3)cc2)no1. The van der Waals surface area contributed by atoms with E-state index >= 15 is 0 Å². The van der Waals surface area contributed by atoms with E-state index in [1.54, 1.807) is 0 Å². The third-order valence-electron chi connectivity index (χ3n) is 4.45. The van der Waals surface area contributed by atoms with Crippen molar-refractivity contribution in [3.8, 4) is 0 Å². The number of nitrogens with zero attached hydrogens (tertiary/aromatic N) is 3. The van der Waals surface area contributed by atoms with E-state index in [9.17, 15) is 4.79 Å². The third-order valence-corrected chi connectivity index (χ3v) is 4.45. The Morgan fingerprint density at radius 2 is 2.00 bits per heavy atom. The average Bonchev–Trinajstić information content (AvgIpc) is 3.14. The maximum atomic E-state index is 12.6. The molecule has 1 fully saturated rings. The summed E-state index contributed by atoms with van der Waals surface area (Å²) in [7, 11) is 1.87. The number of carbonyl (C=O) groups is 1. The summed E-state index contributed by atoms with van der Waals surface area (Å²) in [5, 5.41) is 7.13. The Hall–Kier alpha value is -2.41. The van der Waals surface area contributed by atoms with Gasteiger partial charge in [-0.1, -0.05) is 12.1 Å². The Morgan fingerprint density at radius 1 is 1.28 bits per heavy atom. The van der Waals surface area contributed by atoms with Crippen LogP contribution in [0.15, 0.2) is 28.8 Å². The molecule has 1 amide bonds. The number of ether oxygens (including phenoxy) is 1. The maximum Gasteiger partial charge on any atom is 0.253 e. The zero-order chi connectivity index (χ0) is 17.6. The molecule has 1 saturated heterocycles. The number of benzene rings is 1. The van der Waals surface area contributed by atoms with Crippen LogP contribution in [0, 0.1) is 0 Å². The van der Waals surface area contributed by atoms with Crippen LogP contribution in [-0.4, -0.2) is 47.3 Å². The average molecular weight is 344 g/mol. The summed E-state index contributed by atoms with van der Waals surface area (Å²) in [6, 6.07) is 7.73. The molecule has 1 aliphatic rings. The minimum Gasteiger partial charge on any atom is -0.381 e. The molecule has 25 heavy (non-hydrogen) atoms. The largest absolute Gasteiger partial charge is 0.381 e. The highest BCUT2D eigenvalue weighted by atomic mass is 16.5. The fraction of sp³-hybridized carbons (Fsp3) is 0.500. The van der Waals surface area contributed by atoms with Gasteiger partial charge in [-0.15, -0.1) is 0 Å². The smallest absolute Gasteiger partial charge is 0.253 e. The van der Waals surface area contributed by atoms with E-state index in [4.69, 9.17) is 9.26 Å². The lowest BCUT2D eigenvalue weighted by Crippen LogP contribution is -2.40. The molecule has 2 heterocycles. The normalized spacial score (nSPS) is 15.1. The summed E-state index contributed by atoms with van der Waals surface area (Å²) in [4.78, 5) is 18.7. The second-order valence-corrected chi connectivity index (χ2v) is 6.15. The van der Waals surface area contributed by atoms with E-state index in [2.05, 4.69) is 15.5 Å². The number of anilines is 1. The van der Waals surface area contributed by atoms with Crippen molar-refractivity contribution in [1.29, 1.82) is 0 Å². The molecule has 0 bridgehead atoms. The number of aromatic nitrogens is 2. The number of amides is 1. The zero-order valence-corrected chi connectivity index (χ0v) is 14.7. The molecule has 134 valence electrons. The molecule has 0 spiro atoms. The van der Waals surface area contributed by atoms with Gasteiger partial charge in [-0.05, 0) is 37.1 Å². The van der Waals surface area contributed by atoms with Gasteiger partial charge in [0.2, 0.25) is 5.89 Å². The Bertz CT molecular complexity index is 693. The summed E-state index contributed by atoms with van der Waals surface area (Å²) in [6.07, 6.45) is 2.52. The molecule has 0 saturated carbocycles. The van der Waals surface area contributed by atoms with Crippen molar-refractivity contribution in [2.24, 2.45) is 0 Å². The quantitative estimate of drug-likeness (QED) is 0.867. The van der Waals surface area contributed by atoms with Crippen molar-refractivity contribution in [2.45, 2.75) is 38.8 Å². The van der Waals surface area contributed by atoms with Crippen LogP contribution < -0.4 is 5.32 Å². The molecule has 1 N–H and O–H groups in total. The lowest BCUT2D eigenvalue weighted by atomic mass is 10.1. The zero-order valence-electron chi connectivity index (χ0n) is 14.7. The second-order valence-electron chi connectivity index (χ2n) is 6.15. The Labute approximate surface area is 147 Å². The van der Waals surface area contributed by atoms with E-state index in [1.807, 2.05) is 43.1 Å². The predicted molar refractivity (Wildman–Crippen MR) is 93.4 cm³/mol. The molecular formula is C18H24N4O3. The van der Waals surface area contributed by atoms with Crippen LogP contribution in [0.25, 0.3) is 0 Å². The summed E-state index contributed by atoms with van der Waals surface area (Å²) in [5.74, 6) is 1.30. The van der Waals surface area contributed by atoms with Gasteiger partial charge < -0.3 is 19.5 Å². The monoisotopic (exact) mass is 344 g/mol. The van der Waals surface area contributed by atoms with Crippen LogP contribution in [0.4, 0.5) is 5.69 Å². The van der Waals surface area contributed by atoms with Crippen molar-refractivity contribution in [3.05, 3.63) is 41.5 Å². The minimum atomic E-state index is 0.0456. The summed E-state index contributed by atoms with van der Waals surface area (Å²) < 4.78 is 10.4. The lowest BCUT2D eigenvalue weighted by molar-refractivity contribution is 0.0362. The molecule has 0 aliphatic carbocycles. The lowest BCUT2D eigenvalue weighted by Gasteiger charge is -2.31. The summed E-state index contributed by atoms with van der Waals surface area (Å²) in [6.45, 7) is 3.90. The first kappa shape index (κ1) is 17.4. The number of carbonyl (C=O) groups excluding carboxylic acids is 1. The van der Waals surface area contributed by atoms with Crippen LogP contribution >= 0.6 is 0 Å². The molecule has 0 atom stereocenters. The van der Waals surface area contributed by atoms with Gasteiger partial charge in [0.15, 0.2) is 5.82 Å². The molecule has 1 aliphatic heterocycles. The van der Waals surface area contributed by atoms with Crippen LogP contribution in [0.5, 0.6) is 0 Å². The van der Waals surface area contributed by atoms with Crippen molar-refractivity contribution >= 4 is 11.6 Å². The van der Waals surface area contributed by atoms with Gasteiger partial charge in [-0.25, -0.2) is 0 Å². The number of hydrogen-bond acceptors (Lipinski definition) is 6. The molecule has 2 aromatic rings. The van der Waals surface area contributed by atoms with Crippen LogP contribution in [-0.2, 0) is 17.7 Å². The highest BCUT2D eigenvalue weighted by molar-refractivity contribution is 5.94. The van der Waals surface area contributed by atoms with E-state index in [1.165, 1.54) is 0 Å². The van der Waals surface area contributed by atoms with Gasteiger partial charge in [-0.3, -0.25) is 4.79 Å². The molecule has 1 aromatic heterocycles. The van der Waals surface area contributed by atoms with E-state index in [0.29, 0.717) is 23.8 Å². The number of rotatable bonds is 6. The Morgan fingerprint density at radius 3 is 2.64 bits per heavy atom. The summed E-state index contributed by atoms with van der Waals surface area (Å²) >= 11 is 0. The molecule has 7 nitrogen and oxygen atoms in total. The van der Waals surface area contributed by atoms with Crippen LogP contribution in [0.1, 0.15) is 41.8 Å². The highest BCUT2D eigenvalue weighted by Crippen LogP contribution is 2.17.